The van der Waals surface area contributed by atoms with Crippen molar-refractivity contribution in [3.63, 3.8) is 0 Å². The number of rotatable bonds is 4. The fourth-order valence-electron chi connectivity index (χ4n) is 2.67. The second-order valence-corrected chi connectivity index (χ2v) is 5.34. The van der Waals surface area contributed by atoms with Crippen molar-refractivity contribution in [3.05, 3.63) is 34.9 Å². The van der Waals surface area contributed by atoms with Crippen molar-refractivity contribution in [1.82, 2.24) is 24.4 Å². The fourth-order valence-corrected chi connectivity index (χ4v) is 2.67. The van der Waals surface area contributed by atoms with Crippen molar-refractivity contribution >= 4 is 11.6 Å². The van der Waals surface area contributed by atoms with Gasteiger partial charge in [-0.2, -0.15) is 0 Å². The first-order valence-electron chi connectivity index (χ1n) is 7.17. The van der Waals surface area contributed by atoms with Gasteiger partial charge in [-0.05, 0) is 25.1 Å². The van der Waals surface area contributed by atoms with E-state index in [0.29, 0.717) is 12.2 Å². The van der Waals surface area contributed by atoms with Crippen LogP contribution in [-0.4, -0.2) is 51.2 Å². The molecule has 21 heavy (non-hydrogen) atoms. The highest BCUT2D eigenvalue weighted by molar-refractivity contribution is 5.76. The number of likely N-dealkylation sites (N-methyl/N-ethyl adjacent to an activating group) is 1. The van der Waals surface area contributed by atoms with Gasteiger partial charge in [0.2, 0.25) is 5.91 Å². The molecule has 0 aliphatic carbocycles. The zero-order valence-corrected chi connectivity index (χ0v) is 12.0. The number of aryl methyl sites for hydroxylation is 1. The molecule has 1 atom stereocenters. The molecule has 1 fully saturated rings. The van der Waals surface area contributed by atoms with Gasteiger partial charge in [0.1, 0.15) is 0 Å². The van der Waals surface area contributed by atoms with Crippen molar-refractivity contribution < 1.29 is 4.79 Å². The molecule has 0 bridgehead atoms. The number of fused-ring (bicyclic) bond motifs is 1. The molecule has 3 rings (SSSR count). The summed E-state index contributed by atoms with van der Waals surface area (Å²) in [7, 11) is 1.83. The topological polar surface area (TPSA) is 71.6 Å². The van der Waals surface area contributed by atoms with Gasteiger partial charge in [0.25, 0.3) is 0 Å². The van der Waals surface area contributed by atoms with Crippen LogP contribution in [0.1, 0.15) is 12.8 Å². The summed E-state index contributed by atoms with van der Waals surface area (Å²) < 4.78 is 2.84. The van der Waals surface area contributed by atoms with E-state index in [1.165, 1.54) is 9.08 Å². The molecule has 0 unspecified atom stereocenters. The van der Waals surface area contributed by atoms with E-state index in [2.05, 4.69) is 10.4 Å². The number of carbonyl (C=O) groups is 1. The number of pyridine rings is 1. The molecule has 1 amide bonds. The van der Waals surface area contributed by atoms with Gasteiger partial charge in [0.15, 0.2) is 5.65 Å². The highest BCUT2D eigenvalue weighted by Crippen LogP contribution is 2.08. The average Bonchev–Trinajstić information content (AvgIpc) is 3.13. The molecule has 112 valence electrons. The van der Waals surface area contributed by atoms with Crippen LogP contribution >= 0.6 is 0 Å². The third kappa shape index (κ3) is 2.69. The van der Waals surface area contributed by atoms with Gasteiger partial charge in [0, 0.05) is 32.3 Å². The van der Waals surface area contributed by atoms with E-state index in [1.54, 1.807) is 23.2 Å². The molecule has 1 N–H and O–H groups in total. The number of carbonyl (C=O) groups excluding carboxylic acids is 1. The fraction of sp³-hybridized carbons (Fsp3) is 0.500. The SMILES string of the molecule is CN(C(=O)CCn1nc2ccccn2c1=O)[C@@H]1CCNC1. The van der Waals surface area contributed by atoms with Crippen LogP contribution in [0.3, 0.4) is 0 Å². The van der Waals surface area contributed by atoms with Crippen LogP contribution in [0.5, 0.6) is 0 Å². The van der Waals surface area contributed by atoms with Crippen molar-refractivity contribution in [3.8, 4) is 0 Å². The van der Waals surface area contributed by atoms with E-state index in [1.807, 2.05) is 13.1 Å². The Balaban J connectivity index is 1.67. The first kappa shape index (κ1) is 13.8. The lowest BCUT2D eigenvalue weighted by Crippen LogP contribution is -2.39. The van der Waals surface area contributed by atoms with Gasteiger partial charge in [-0.15, -0.1) is 5.10 Å². The lowest BCUT2D eigenvalue weighted by atomic mass is 10.2. The molecular formula is C14H19N5O2. The Hall–Kier alpha value is -2.15. The molecule has 7 heteroatoms. The van der Waals surface area contributed by atoms with Crippen LogP contribution in [0, 0.1) is 0 Å². The first-order valence-corrected chi connectivity index (χ1v) is 7.17. The van der Waals surface area contributed by atoms with E-state index >= 15 is 0 Å². The predicted molar refractivity (Wildman–Crippen MR) is 78.1 cm³/mol. The summed E-state index contributed by atoms with van der Waals surface area (Å²) >= 11 is 0. The molecule has 1 aliphatic heterocycles. The van der Waals surface area contributed by atoms with E-state index in [-0.39, 0.29) is 24.1 Å². The number of nitrogens with zero attached hydrogens (tertiary/aromatic N) is 4. The molecule has 0 saturated carbocycles. The van der Waals surface area contributed by atoms with Gasteiger partial charge in [-0.1, -0.05) is 6.07 Å². The van der Waals surface area contributed by atoms with Crippen LogP contribution in [0.15, 0.2) is 29.2 Å². The van der Waals surface area contributed by atoms with Crippen molar-refractivity contribution in [1.29, 1.82) is 0 Å². The average molecular weight is 289 g/mol. The summed E-state index contributed by atoms with van der Waals surface area (Å²) in [5.41, 5.74) is 0.395. The van der Waals surface area contributed by atoms with Gasteiger partial charge in [0.05, 0.1) is 6.54 Å². The Morgan fingerprint density at radius 2 is 2.38 bits per heavy atom. The predicted octanol–water partition coefficient (Wildman–Crippen LogP) is -0.294. The zero-order chi connectivity index (χ0) is 14.8. The summed E-state index contributed by atoms with van der Waals surface area (Å²) in [6.07, 6.45) is 2.95. The maximum Gasteiger partial charge on any atom is 0.350 e. The molecule has 0 spiro atoms. The minimum Gasteiger partial charge on any atom is -0.341 e. The number of nitrogens with one attached hydrogen (secondary N) is 1. The Kier molecular flexibility index (Phi) is 3.74. The lowest BCUT2D eigenvalue weighted by Gasteiger charge is -2.23. The smallest absolute Gasteiger partial charge is 0.341 e. The molecule has 2 aromatic heterocycles. The number of hydrogen-bond acceptors (Lipinski definition) is 4. The monoisotopic (exact) mass is 289 g/mol. The van der Waals surface area contributed by atoms with Gasteiger partial charge in [-0.3, -0.25) is 9.20 Å². The third-order valence-corrected chi connectivity index (χ3v) is 4.00. The normalized spacial score (nSPS) is 18.2. The molecule has 1 saturated heterocycles. The Morgan fingerprint density at radius 1 is 1.52 bits per heavy atom. The minimum absolute atomic E-state index is 0.0488. The summed E-state index contributed by atoms with van der Waals surface area (Å²) in [5.74, 6) is 0.0488. The molecular weight excluding hydrogens is 270 g/mol. The van der Waals surface area contributed by atoms with Gasteiger partial charge < -0.3 is 10.2 Å². The van der Waals surface area contributed by atoms with Crippen LogP contribution in [0.2, 0.25) is 0 Å². The van der Waals surface area contributed by atoms with E-state index < -0.39 is 0 Å². The summed E-state index contributed by atoms with van der Waals surface area (Å²) in [4.78, 5) is 26.1. The lowest BCUT2D eigenvalue weighted by molar-refractivity contribution is -0.131. The molecule has 3 heterocycles. The van der Waals surface area contributed by atoms with Crippen LogP contribution < -0.4 is 11.0 Å². The zero-order valence-electron chi connectivity index (χ0n) is 12.0. The second kappa shape index (κ2) is 5.69. The Labute approximate surface area is 122 Å². The first-order chi connectivity index (χ1) is 10.2. The van der Waals surface area contributed by atoms with E-state index in [0.717, 1.165) is 19.5 Å². The maximum absolute atomic E-state index is 12.2. The highest BCUT2D eigenvalue weighted by Gasteiger charge is 2.23. The third-order valence-electron chi connectivity index (χ3n) is 4.00. The summed E-state index contributed by atoms with van der Waals surface area (Å²) in [5, 5.41) is 7.47. The molecule has 2 aromatic rings. The van der Waals surface area contributed by atoms with E-state index in [4.69, 9.17) is 0 Å². The van der Waals surface area contributed by atoms with Crippen molar-refractivity contribution in [2.45, 2.75) is 25.4 Å². The number of aromatic nitrogens is 3. The molecule has 1 aliphatic rings. The number of hydrogen-bond donors (Lipinski definition) is 1. The van der Waals surface area contributed by atoms with Gasteiger partial charge >= 0.3 is 5.69 Å². The van der Waals surface area contributed by atoms with Crippen molar-refractivity contribution in [2.75, 3.05) is 20.1 Å². The quantitative estimate of drug-likeness (QED) is 0.839. The Bertz CT molecular complexity index is 699. The van der Waals surface area contributed by atoms with E-state index in [9.17, 15) is 9.59 Å². The van der Waals surface area contributed by atoms with Crippen LogP contribution in [0.25, 0.3) is 5.65 Å². The molecule has 7 nitrogen and oxygen atoms in total. The van der Waals surface area contributed by atoms with Crippen LogP contribution in [0.4, 0.5) is 0 Å². The largest absolute Gasteiger partial charge is 0.350 e. The van der Waals surface area contributed by atoms with Gasteiger partial charge in [-0.25, -0.2) is 9.48 Å². The maximum atomic E-state index is 12.2. The minimum atomic E-state index is -0.205. The summed E-state index contributed by atoms with van der Waals surface area (Å²) in [6.45, 7) is 2.11. The van der Waals surface area contributed by atoms with Crippen LogP contribution in [-0.2, 0) is 11.3 Å². The molecule has 0 radical (unpaired) electrons. The highest BCUT2D eigenvalue weighted by atomic mass is 16.2. The standard InChI is InChI=1S/C14H19N5O2/c1-17(11-5-7-15-10-11)13(20)6-9-19-14(21)18-8-3-2-4-12(18)16-19/h2-4,8,11,15H,5-7,9-10H2,1H3/t11-/m1/s1. The second-order valence-electron chi connectivity index (χ2n) is 5.34. The molecule has 0 aromatic carbocycles. The summed E-state index contributed by atoms with van der Waals surface area (Å²) in [6, 6.07) is 5.65. The van der Waals surface area contributed by atoms with Crippen molar-refractivity contribution in [2.24, 2.45) is 0 Å². The Morgan fingerprint density at radius 3 is 3.10 bits per heavy atom. The number of amides is 1.